The van der Waals surface area contributed by atoms with Gasteiger partial charge >= 0.3 is 0 Å². The Kier molecular flexibility index (Phi) is 14.5. The van der Waals surface area contributed by atoms with E-state index in [-0.39, 0.29) is 67.3 Å². The van der Waals surface area contributed by atoms with Gasteiger partial charge in [0.15, 0.2) is 0 Å². The number of aliphatic hydroxyl groups excluding tert-OH is 4. The minimum absolute atomic E-state index is 0. The van der Waals surface area contributed by atoms with Crippen LogP contribution in [-0.2, 0) is 60.7 Å². The Labute approximate surface area is 123 Å². The van der Waals surface area contributed by atoms with Crippen molar-refractivity contribution in [3.05, 3.63) is 12.2 Å². The van der Waals surface area contributed by atoms with Gasteiger partial charge in [-0.05, 0) is 0 Å². The number of aliphatic hydroxyl groups is 4. The Morgan fingerprint density at radius 3 is 1.86 bits per heavy atom. The normalized spacial score (nSPS) is 34.9. The van der Waals surface area contributed by atoms with Crippen molar-refractivity contribution in [3.8, 4) is 0 Å². The molecule has 0 amide bonds. The largest absolute Gasteiger partial charge is 0.396 e. The molecule has 0 unspecified atom stereocenters. The van der Waals surface area contributed by atoms with E-state index in [0.29, 0.717) is 0 Å². The summed E-state index contributed by atoms with van der Waals surface area (Å²) >= 11 is 0. The molecular formula is C7H12O4VW2. The molecular weight excluding hydrogens is 567 g/mol. The van der Waals surface area contributed by atoms with Crippen LogP contribution in [0.25, 0.3) is 0 Å². The third-order valence-electron chi connectivity index (χ3n) is 1.90. The minimum Gasteiger partial charge on any atom is -0.396 e. The van der Waals surface area contributed by atoms with E-state index in [4.69, 9.17) is 15.3 Å². The smallest absolute Gasteiger partial charge is 0.110 e. The van der Waals surface area contributed by atoms with E-state index in [1.165, 1.54) is 12.2 Å². The summed E-state index contributed by atoms with van der Waals surface area (Å²) in [6.07, 6.45) is -0.398. The molecule has 4 N–H and O–H groups in total. The molecule has 7 heteroatoms. The predicted octanol–water partition coefficient (Wildman–Crippen LogP) is -1.76. The summed E-state index contributed by atoms with van der Waals surface area (Å²) < 4.78 is 0. The van der Waals surface area contributed by atoms with Crippen LogP contribution in [0.15, 0.2) is 12.2 Å². The molecule has 81 valence electrons. The second-order valence-electron chi connectivity index (χ2n) is 2.70. The Hall–Kier alpha value is 1.54. The van der Waals surface area contributed by atoms with Crippen LogP contribution < -0.4 is 0 Å². The molecule has 4 atom stereocenters. The molecule has 0 bridgehead atoms. The SMILES string of the molecule is OC[C@H]1C=C[C@H](O)[C@H](O)[C@@H]1O.[V].[W].[W]. The van der Waals surface area contributed by atoms with Crippen LogP contribution in [0.3, 0.4) is 0 Å². The third-order valence-corrected chi connectivity index (χ3v) is 1.90. The van der Waals surface area contributed by atoms with E-state index < -0.39 is 24.2 Å². The first-order valence-corrected chi connectivity index (χ1v) is 3.50. The van der Waals surface area contributed by atoms with Crippen LogP contribution in [0.1, 0.15) is 0 Å². The van der Waals surface area contributed by atoms with E-state index in [1.807, 2.05) is 0 Å². The van der Waals surface area contributed by atoms with Gasteiger partial charge in [-0.1, -0.05) is 12.2 Å². The Bertz CT molecular complexity index is 170. The van der Waals surface area contributed by atoms with E-state index in [2.05, 4.69) is 0 Å². The van der Waals surface area contributed by atoms with E-state index in [9.17, 15) is 5.11 Å². The Morgan fingerprint density at radius 2 is 1.43 bits per heavy atom. The maximum atomic E-state index is 9.19. The minimum atomic E-state index is -1.18. The summed E-state index contributed by atoms with van der Waals surface area (Å²) in [7, 11) is 0. The zero-order valence-corrected chi connectivity index (χ0v) is 14.5. The summed E-state index contributed by atoms with van der Waals surface area (Å²) in [6, 6.07) is 0. The second-order valence-corrected chi connectivity index (χ2v) is 2.70. The van der Waals surface area contributed by atoms with Crippen molar-refractivity contribution in [3.63, 3.8) is 0 Å². The summed E-state index contributed by atoms with van der Waals surface area (Å²) in [4.78, 5) is 0. The maximum absolute atomic E-state index is 9.19. The Balaban J connectivity index is -0.000000403. The average molecular weight is 579 g/mol. The molecule has 0 saturated carbocycles. The van der Waals surface area contributed by atoms with Gasteiger partial charge in [0.05, 0.1) is 12.7 Å². The summed E-state index contributed by atoms with van der Waals surface area (Å²) in [5.41, 5.74) is 0. The van der Waals surface area contributed by atoms with Gasteiger partial charge in [-0.15, -0.1) is 0 Å². The van der Waals surface area contributed by atoms with Crippen molar-refractivity contribution < 1.29 is 81.1 Å². The van der Waals surface area contributed by atoms with Crippen LogP contribution in [0.5, 0.6) is 0 Å². The Morgan fingerprint density at radius 1 is 0.929 bits per heavy atom. The van der Waals surface area contributed by atoms with Crippen LogP contribution in [0.4, 0.5) is 0 Å². The zero-order chi connectivity index (χ0) is 8.43. The molecule has 0 fully saturated rings. The summed E-state index contributed by atoms with van der Waals surface area (Å²) in [5.74, 6) is -0.464. The topological polar surface area (TPSA) is 80.9 Å². The van der Waals surface area contributed by atoms with Crippen molar-refractivity contribution in [2.45, 2.75) is 18.3 Å². The molecule has 1 radical (unpaired) electrons. The molecule has 1 aliphatic carbocycles. The van der Waals surface area contributed by atoms with Gasteiger partial charge in [0.1, 0.15) is 12.2 Å². The third kappa shape index (κ3) is 5.05. The number of hydrogen-bond acceptors (Lipinski definition) is 4. The van der Waals surface area contributed by atoms with Crippen molar-refractivity contribution in [1.82, 2.24) is 0 Å². The molecule has 0 saturated heterocycles. The molecule has 4 nitrogen and oxygen atoms in total. The first-order chi connectivity index (χ1) is 5.16. The summed E-state index contributed by atoms with van der Waals surface area (Å²) in [6.45, 7) is -0.221. The fourth-order valence-corrected chi connectivity index (χ4v) is 1.11. The van der Waals surface area contributed by atoms with E-state index in [0.717, 1.165) is 0 Å². The van der Waals surface area contributed by atoms with Crippen molar-refractivity contribution in [2.24, 2.45) is 5.92 Å². The van der Waals surface area contributed by atoms with E-state index >= 15 is 0 Å². The molecule has 0 aliphatic heterocycles. The zero-order valence-electron chi connectivity index (χ0n) is 7.22. The number of rotatable bonds is 1. The standard InChI is InChI=1S/C7H12O4.V.2W/c8-3-4-1-2-5(9)7(11)6(4)10;;;/h1-2,4-11H,3H2;;;/t4-,5+,6-,7+;;;/m1.../s1. The molecule has 0 aromatic rings. The molecule has 0 heterocycles. The van der Waals surface area contributed by atoms with Crippen LogP contribution in [0.2, 0.25) is 0 Å². The fraction of sp³-hybridized carbons (Fsp3) is 0.714. The first-order valence-electron chi connectivity index (χ1n) is 3.50. The van der Waals surface area contributed by atoms with Gasteiger partial charge in [-0.2, -0.15) is 0 Å². The van der Waals surface area contributed by atoms with Crippen LogP contribution in [-0.4, -0.2) is 45.3 Å². The van der Waals surface area contributed by atoms with Gasteiger partial charge in [0.2, 0.25) is 0 Å². The monoisotopic (exact) mass is 579 g/mol. The van der Waals surface area contributed by atoms with Crippen molar-refractivity contribution in [2.75, 3.05) is 6.61 Å². The van der Waals surface area contributed by atoms with Gasteiger partial charge in [0, 0.05) is 66.6 Å². The molecule has 1 rings (SSSR count). The average Bonchev–Trinajstić information content (AvgIpc) is 2.01. The molecule has 0 spiro atoms. The van der Waals surface area contributed by atoms with Crippen LogP contribution >= 0.6 is 0 Å². The van der Waals surface area contributed by atoms with E-state index in [1.54, 1.807) is 0 Å². The van der Waals surface area contributed by atoms with Gasteiger partial charge in [0.25, 0.3) is 0 Å². The second kappa shape index (κ2) is 9.74. The molecule has 1 aliphatic rings. The molecule has 0 aromatic heterocycles. The van der Waals surface area contributed by atoms with Gasteiger partial charge in [-0.25, -0.2) is 0 Å². The predicted molar refractivity (Wildman–Crippen MR) is 37.7 cm³/mol. The van der Waals surface area contributed by atoms with Gasteiger partial charge in [-0.3, -0.25) is 0 Å². The fourth-order valence-electron chi connectivity index (χ4n) is 1.11. The van der Waals surface area contributed by atoms with Crippen LogP contribution in [0, 0.1) is 5.92 Å². The summed E-state index contributed by atoms with van der Waals surface area (Å²) in [5, 5.41) is 35.9. The quantitative estimate of drug-likeness (QED) is 0.278. The number of hydrogen-bond donors (Lipinski definition) is 4. The first kappa shape index (κ1) is 20.9. The van der Waals surface area contributed by atoms with Gasteiger partial charge < -0.3 is 20.4 Å². The maximum Gasteiger partial charge on any atom is 0.110 e. The van der Waals surface area contributed by atoms with Crippen molar-refractivity contribution in [1.29, 1.82) is 0 Å². The molecule has 14 heavy (non-hydrogen) atoms. The molecule has 0 aromatic carbocycles. The van der Waals surface area contributed by atoms with Crippen molar-refractivity contribution >= 4 is 0 Å².